The molecule has 1 aromatic rings. The van der Waals surface area contributed by atoms with Crippen LogP contribution in [0.4, 0.5) is 5.69 Å². The minimum Gasteiger partial charge on any atom is -0.392 e. The van der Waals surface area contributed by atoms with Crippen molar-refractivity contribution in [2.24, 2.45) is 0 Å². The molecular formula is C11H14ClNO3. The van der Waals surface area contributed by atoms with Gasteiger partial charge in [0, 0.05) is 18.7 Å². The van der Waals surface area contributed by atoms with E-state index < -0.39 is 12.2 Å². The number of hydrogen-bond donors (Lipinski definition) is 3. The normalized spacial score (nSPS) is 25.1. The van der Waals surface area contributed by atoms with Crippen molar-refractivity contribution in [1.29, 1.82) is 0 Å². The first-order valence-electron chi connectivity index (χ1n) is 5.13. The Balaban J connectivity index is 2.33. The Morgan fingerprint density at radius 3 is 2.44 bits per heavy atom. The molecule has 4 nitrogen and oxygen atoms in total. The number of halogens is 1. The molecule has 2 rings (SSSR count). The average Bonchev–Trinajstić information content (AvgIpc) is 2.58. The summed E-state index contributed by atoms with van der Waals surface area (Å²) in [6.45, 7) is 0.550. The third-order valence-corrected chi connectivity index (χ3v) is 3.12. The second kappa shape index (κ2) is 4.59. The second-order valence-corrected chi connectivity index (χ2v) is 4.35. The van der Waals surface area contributed by atoms with Crippen molar-refractivity contribution in [2.75, 3.05) is 18.0 Å². The highest BCUT2D eigenvalue weighted by atomic mass is 35.5. The molecule has 88 valence electrons. The van der Waals surface area contributed by atoms with Crippen LogP contribution in [0.3, 0.4) is 0 Å². The Hall–Kier alpha value is -0.810. The lowest BCUT2D eigenvalue weighted by atomic mass is 10.1. The van der Waals surface area contributed by atoms with Gasteiger partial charge in [-0.05, 0) is 6.07 Å². The summed E-state index contributed by atoms with van der Waals surface area (Å²) in [5, 5.41) is 28.7. The summed E-state index contributed by atoms with van der Waals surface area (Å²) in [4.78, 5) is 1.79. The van der Waals surface area contributed by atoms with Crippen molar-refractivity contribution < 1.29 is 15.3 Å². The summed E-state index contributed by atoms with van der Waals surface area (Å²) in [6, 6.07) is 5.27. The molecular weight excluding hydrogens is 230 g/mol. The van der Waals surface area contributed by atoms with E-state index in [0.29, 0.717) is 29.4 Å². The first-order chi connectivity index (χ1) is 7.63. The predicted molar refractivity (Wildman–Crippen MR) is 61.6 cm³/mol. The van der Waals surface area contributed by atoms with E-state index in [4.69, 9.17) is 11.6 Å². The first-order valence-corrected chi connectivity index (χ1v) is 5.50. The maximum absolute atomic E-state index is 9.49. The van der Waals surface area contributed by atoms with Crippen LogP contribution in [0.2, 0.25) is 5.02 Å². The fourth-order valence-electron chi connectivity index (χ4n) is 1.99. The summed E-state index contributed by atoms with van der Waals surface area (Å²) in [7, 11) is 0. The summed E-state index contributed by atoms with van der Waals surface area (Å²) < 4.78 is 0. The van der Waals surface area contributed by atoms with Crippen molar-refractivity contribution in [2.45, 2.75) is 18.8 Å². The second-order valence-electron chi connectivity index (χ2n) is 3.95. The highest BCUT2D eigenvalue weighted by Crippen LogP contribution is 2.32. The van der Waals surface area contributed by atoms with Crippen molar-refractivity contribution in [1.82, 2.24) is 0 Å². The zero-order chi connectivity index (χ0) is 11.7. The lowest BCUT2D eigenvalue weighted by Crippen LogP contribution is -2.22. The molecule has 0 aliphatic carbocycles. The van der Waals surface area contributed by atoms with Gasteiger partial charge in [-0.15, -0.1) is 0 Å². The lowest BCUT2D eigenvalue weighted by Gasteiger charge is -2.22. The minimum atomic E-state index is -0.761. The molecule has 1 aromatic carbocycles. The quantitative estimate of drug-likeness (QED) is 0.703. The van der Waals surface area contributed by atoms with Crippen molar-refractivity contribution in [3.8, 4) is 0 Å². The van der Waals surface area contributed by atoms with E-state index in [9.17, 15) is 15.3 Å². The van der Waals surface area contributed by atoms with Crippen LogP contribution in [0.25, 0.3) is 0 Å². The molecule has 0 bridgehead atoms. The van der Waals surface area contributed by atoms with Gasteiger partial charge in [0.15, 0.2) is 0 Å². The minimum absolute atomic E-state index is 0.113. The van der Waals surface area contributed by atoms with Crippen molar-refractivity contribution >= 4 is 17.3 Å². The van der Waals surface area contributed by atoms with Gasteiger partial charge in [-0.25, -0.2) is 0 Å². The van der Waals surface area contributed by atoms with Crippen LogP contribution >= 0.6 is 11.6 Å². The predicted octanol–water partition coefficient (Wildman–Crippen LogP) is 0.374. The Kier molecular flexibility index (Phi) is 3.35. The third kappa shape index (κ3) is 2.01. The van der Waals surface area contributed by atoms with Crippen molar-refractivity contribution in [3.05, 3.63) is 28.8 Å². The van der Waals surface area contributed by atoms with E-state index in [1.54, 1.807) is 23.1 Å². The van der Waals surface area contributed by atoms with E-state index in [0.717, 1.165) is 0 Å². The molecule has 16 heavy (non-hydrogen) atoms. The van der Waals surface area contributed by atoms with Gasteiger partial charge in [-0.3, -0.25) is 0 Å². The summed E-state index contributed by atoms with van der Waals surface area (Å²) in [5.74, 6) is 0. The Morgan fingerprint density at radius 1 is 1.25 bits per heavy atom. The van der Waals surface area contributed by atoms with E-state index in [-0.39, 0.29) is 6.61 Å². The van der Waals surface area contributed by atoms with Gasteiger partial charge >= 0.3 is 0 Å². The highest BCUT2D eigenvalue weighted by molar-refractivity contribution is 6.33. The molecule has 0 radical (unpaired) electrons. The van der Waals surface area contributed by atoms with E-state index >= 15 is 0 Å². The first kappa shape index (κ1) is 11.7. The van der Waals surface area contributed by atoms with Gasteiger partial charge < -0.3 is 20.2 Å². The monoisotopic (exact) mass is 243 g/mol. The summed E-state index contributed by atoms with van der Waals surface area (Å²) >= 11 is 6.07. The molecule has 1 fully saturated rings. The fraction of sp³-hybridized carbons (Fsp3) is 0.455. The number of para-hydroxylation sites is 1. The summed E-state index contributed by atoms with van der Waals surface area (Å²) in [6.07, 6.45) is -1.52. The van der Waals surface area contributed by atoms with E-state index in [1.165, 1.54) is 0 Å². The van der Waals surface area contributed by atoms with Gasteiger partial charge in [0.2, 0.25) is 0 Å². The number of rotatable bonds is 2. The number of nitrogens with zero attached hydrogens (tertiary/aromatic N) is 1. The number of benzene rings is 1. The van der Waals surface area contributed by atoms with E-state index in [1.807, 2.05) is 0 Å². The maximum Gasteiger partial charge on any atom is 0.0990 e. The number of aliphatic hydroxyl groups excluding tert-OH is 3. The molecule has 0 amide bonds. The fourth-order valence-corrected chi connectivity index (χ4v) is 2.31. The van der Waals surface area contributed by atoms with Crippen LogP contribution in [-0.2, 0) is 6.61 Å². The smallest absolute Gasteiger partial charge is 0.0990 e. The SMILES string of the molecule is OCc1cccc(Cl)c1N1CC(O)C(O)C1. The average molecular weight is 244 g/mol. The van der Waals surface area contributed by atoms with Crippen LogP contribution in [0.5, 0.6) is 0 Å². The molecule has 0 spiro atoms. The molecule has 5 heteroatoms. The number of anilines is 1. The molecule has 1 heterocycles. The number of hydrogen-bond acceptors (Lipinski definition) is 4. The molecule has 0 saturated carbocycles. The van der Waals surface area contributed by atoms with E-state index in [2.05, 4.69) is 0 Å². The van der Waals surface area contributed by atoms with Gasteiger partial charge in [0.25, 0.3) is 0 Å². The van der Waals surface area contributed by atoms with Crippen LogP contribution < -0.4 is 4.90 Å². The Labute approximate surface area is 98.7 Å². The third-order valence-electron chi connectivity index (χ3n) is 2.82. The molecule has 2 atom stereocenters. The Bertz CT molecular complexity index is 375. The van der Waals surface area contributed by atoms with Crippen LogP contribution in [0, 0.1) is 0 Å². The number of aliphatic hydroxyl groups is 3. The lowest BCUT2D eigenvalue weighted by molar-refractivity contribution is 0.0572. The molecule has 1 aliphatic rings. The van der Waals surface area contributed by atoms with Crippen LogP contribution in [-0.4, -0.2) is 40.6 Å². The van der Waals surface area contributed by atoms with Gasteiger partial charge in [-0.1, -0.05) is 23.7 Å². The number of β-amino-alcohol motifs (C(OH)–C–C–N with tert-alkyl or cyclic N) is 2. The van der Waals surface area contributed by atoms with Gasteiger partial charge in [-0.2, -0.15) is 0 Å². The van der Waals surface area contributed by atoms with Gasteiger partial charge in [0.05, 0.1) is 29.5 Å². The highest BCUT2D eigenvalue weighted by Gasteiger charge is 2.31. The largest absolute Gasteiger partial charge is 0.392 e. The summed E-state index contributed by atoms with van der Waals surface area (Å²) in [5.41, 5.74) is 1.40. The standard InChI is InChI=1S/C11H14ClNO3/c12-8-3-1-2-7(6-14)11(8)13-4-9(15)10(16)5-13/h1-3,9-10,14-16H,4-6H2. The zero-order valence-corrected chi connectivity index (χ0v) is 9.43. The molecule has 1 saturated heterocycles. The molecule has 2 unspecified atom stereocenters. The van der Waals surface area contributed by atoms with Crippen LogP contribution in [0.1, 0.15) is 5.56 Å². The molecule has 1 aliphatic heterocycles. The maximum atomic E-state index is 9.49. The van der Waals surface area contributed by atoms with Crippen molar-refractivity contribution in [3.63, 3.8) is 0 Å². The molecule has 0 aromatic heterocycles. The topological polar surface area (TPSA) is 63.9 Å². The molecule has 3 N–H and O–H groups in total. The zero-order valence-electron chi connectivity index (χ0n) is 8.67. The van der Waals surface area contributed by atoms with Gasteiger partial charge in [0.1, 0.15) is 0 Å². The Morgan fingerprint density at radius 2 is 1.88 bits per heavy atom. The van der Waals surface area contributed by atoms with Crippen LogP contribution in [0.15, 0.2) is 18.2 Å².